The van der Waals surface area contributed by atoms with E-state index < -0.39 is 26.7 Å². The van der Waals surface area contributed by atoms with Gasteiger partial charge < -0.3 is 10.2 Å². The molecule has 2 aromatic carbocycles. The van der Waals surface area contributed by atoms with Gasteiger partial charge in [-0.05, 0) is 51.3 Å². The van der Waals surface area contributed by atoms with Crippen molar-refractivity contribution in [2.24, 2.45) is 0 Å². The minimum Gasteiger partial charge on any atom is -0.369 e. The number of anilines is 1. The molecule has 0 bridgehead atoms. The Hall–Kier alpha value is -2.80. The smallest absolute Gasteiger partial charge is 0.369 e. The van der Waals surface area contributed by atoms with Gasteiger partial charge in [0.1, 0.15) is 11.6 Å². The van der Waals surface area contributed by atoms with Crippen LogP contribution >= 0.6 is 0 Å². The minimum atomic E-state index is -4.75. The van der Waals surface area contributed by atoms with Crippen LogP contribution in [0.3, 0.4) is 0 Å². The van der Waals surface area contributed by atoms with E-state index in [2.05, 4.69) is 15.2 Å². The zero-order chi connectivity index (χ0) is 26.6. The van der Waals surface area contributed by atoms with Crippen molar-refractivity contribution in [1.82, 2.24) is 24.1 Å². The number of nitrogens with one attached hydrogen (secondary N) is 1. The van der Waals surface area contributed by atoms with Gasteiger partial charge in [-0.2, -0.15) is 17.5 Å². The Kier molecular flexibility index (Phi) is 8.32. The summed E-state index contributed by atoms with van der Waals surface area (Å²) < 4.78 is 67.5. The quantitative estimate of drug-likeness (QED) is 0.419. The van der Waals surface area contributed by atoms with E-state index >= 15 is 0 Å². The van der Waals surface area contributed by atoms with Crippen molar-refractivity contribution in [3.63, 3.8) is 0 Å². The minimum absolute atomic E-state index is 0.0811. The largest absolute Gasteiger partial charge is 0.417 e. The van der Waals surface area contributed by atoms with Crippen molar-refractivity contribution in [2.45, 2.75) is 24.0 Å². The molecular formula is C25H31F3N6O2S. The second kappa shape index (κ2) is 11.3. The second-order valence-corrected chi connectivity index (χ2v) is 11.2. The zero-order valence-corrected chi connectivity index (χ0v) is 21.7. The van der Waals surface area contributed by atoms with E-state index in [9.17, 15) is 21.6 Å². The average Bonchev–Trinajstić information content (AvgIpc) is 2.86. The topological polar surface area (TPSA) is 81.7 Å². The first-order valence-corrected chi connectivity index (χ1v) is 13.5. The molecule has 200 valence electrons. The van der Waals surface area contributed by atoms with Gasteiger partial charge in [-0.25, -0.2) is 18.4 Å². The summed E-state index contributed by atoms with van der Waals surface area (Å²) >= 11 is 0. The number of nitrogens with zero attached hydrogens (tertiary/aromatic N) is 5. The highest BCUT2D eigenvalue weighted by Crippen LogP contribution is 2.35. The molecule has 0 amide bonds. The fourth-order valence-corrected chi connectivity index (χ4v) is 5.96. The summed E-state index contributed by atoms with van der Waals surface area (Å²) in [6.07, 6.45) is -3.80. The summed E-state index contributed by atoms with van der Waals surface area (Å²) in [6.45, 7) is 2.99. The third-order valence-electron chi connectivity index (χ3n) is 6.23. The molecular weight excluding hydrogens is 505 g/mol. The molecule has 4 rings (SSSR count). The summed E-state index contributed by atoms with van der Waals surface area (Å²) in [7, 11) is -0.233. The lowest BCUT2D eigenvalue weighted by Crippen LogP contribution is -2.48. The Morgan fingerprint density at radius 3 is 2.35 bits per heavy atom. The zero-order valence-electron chi connectivity index (χ0n) is 20.9. The molecule has 1 aromatic heterocycles. The highest BCUT2D eigenvalue weighted by atomic mass is 32.2. The monoisotopic (exact) mass is 536 g/mol. The van der Waals surface area contributed by atoms with Gasteiger partial charge in [0.05, 0.1) is 22.5 Å². The number of piperazine rings is 1. The predicted molar refractivity (Wildman–Crippen MR) is 137 cm³/mol. The van der Waals surface area contributed by atoms with Gasteiger partial charge in [-0.3, -0.25) is 4.90 Å². The summed E-state index contributed by atoms with van der Waals surface area (Å²) in [5, 5.41) is 4.33. The number of benzene rings is 2. The number of hydrogen-bond acceptors (Lipinski definition) is 7. The molecule has 3 aromatic rings. The Balaban J connectivity index is 1.45. The molecule has 0 spiro atoms. The maximum atomic E-state index is 13.4. The van der Waals surface area contributed by atoms with Crippen LogP contribution in [0.2, 0.25) is 0 Å². The van der Waals surface area contributed by atoms with Crippen LogP contribution in [0.1, 0.15) is 17.8 Å². The predicted octanol–water partition coefficient (Wildman–Crippen LogP) is 3.52. The van der Waals surface area contributed by atoms with Crippen molar-refractivity contribution in [1.29, 1.82) is 0 Å². The van der Waals surface area contributed by atoms with Crippen LogP contribution in [0.5, 0.6) is 0 Å². The van der Waals surface area contributed by atoms with Crippen LogP contribution in [-0.4, -0.2) is 85.9 Å². The number of aromatic nitrogens is 2. The number of rotatable bonds is 9. The van der Waals surface area contributed by atoms with Crippen molar-refractivity contribution >= 4 is 26.7 Å². The number of hydrogen-bond donors (Lipinski definition) is 1. The molecule has 1 aliphatic rings. The van der Waals surface area contributed by atoms with E-state index in [0.29, 0.717) is 25.5 Å². The van der Waals surface area contributed by atoms with Crippen molar-refractivity contribution in [2.75, 3.05) is 58.7 Å². The number of para-hydroxylation sites is 1. The normalized spacial score (nSPS) is 15.9. The van der Waals surface area contributed by atoms with Crippen LogP contribution in [0.15, 0.2) is 53.4 Å². The number of alkyl halides is 3. The van der Waals surface area contributed by atoms with Crippen molar-refractivity contribution < 1.29 is 21.6 Å². The third kappa shape index (κ3) is 6.56. The summed E-state index contributed by atoms with van der Waals surface area (Å²) in [6, 6.07) is 12.1. The molecule has 1 aliphatic heterocycles. The second-order valence-electron chi connectivity index (χ2n) is 9.26. The number of halogens is 3. The molecule has 0 atom stereocenters. The Morgan fingerprint density at radius 1 is 0.973 bits per heavy atom. The summed E-state index contributed by atoms with van der Waals surface area (Å²) in [4.78, 5) is 12.8. The van der Waals surface area contributed by atoms with Gasteiger partial charge in [0.15, 0.2) is 0 Å². The van der Waals surface area contributed by atoms with Crippen molar-refractivity contribution in [3.8, 4) is 0 Å². The summed E-state index contributed by atoms with van der Waals surface area (Å²) in [5.41, 5.74) is -0.333. The molecule has 8 nitrogen and oxygen atoms in total. The lowest BCUT2D eigenvalue weighted by atomic mass is 10.2. The molecule has 0 saturated carbocycles. The SMILES string of the molecule is CN(C)CCCNc1nc(CN2CCN(S(=O)(=O)c3ccccc3C(F)(F)F)CC2)nc2ccccc12. The van der Waals surface area contributed by atoms with Gasteiger partial charge in [0, 0.05) is 38.1 Å². The third-order valence-corrected chi connectivity index (χ3v) is 8.19. The Labute approximate surface area is 215 Å². The van der Waals surface area contributed by atoms with Gasteiger partial charge in [-0.1, -0.05) is 24.3 Å². The molecule has 1 N–H and O–H groups in total. The lowest BCUT2D eigenvalue weighted by Gasteiger charge is -2.34. The van der Waals surface area contributed by atoms with E-state index in [-0.39, 0.29) is 13.1 Å². The maximum Gasteiger partial charge on any atom is 0.417 e. The molecule has 1 saturated heterocycles. The van der Waals surface area contributed by atoms with Crippen molar-refractivity contribution in [3.05, 3.63) is 59.9 Å². The molecule has 1 fully saturated rings. The highest BCUT2D eigenvalue weighted by molar-refractivity contribution is 7.89. The molecule has 12 heteroatoms. The highest BCUT2D eigenvalue weighted by Gasteiger charge is 2.39. The first-order chi connectivity index (χ1) is 17.6. The first-order valence-electron chi connectivity index (χ1n) is 12.1. The molecule has 37 heavy (non-hydrogen) atoms. The molecule has 0 aliphatic carbocycles. The average molecular weight is 537 g/mol. The fraction of sp³-hybridized carbons (Fsp3) is 0.440. The maximum absolute atomic E-state index is 13.4. The molecule has 0 unspecified atom stereocenters. The lowest BCUT2D eigenvalue weighted by molar-refractivity contribution is -0.139. The van der Waals surface area contributed by atoms with Crippen LogP contribution in [0.4, 0.5) is 19.0 Å². The van der Waals surface area contributed by atoms with Crippen LogP contribution in [-0.2, 0) is 22.7 Å². The van der Waals surface area contributed by atoms with Gasteiger partial charge >= 0.3 is 6.18 Å². The number of sulfonamides is 1. The van der Waals surface area contributed by atoms with E-state index in [0.717, 1.165) is 52.7 Å². The van der Waals surface area contributed by atoms with Crippen LogP contribution in [0.25, 0.3) is 10.9 Å². The van der Waals surface area contributed by atoms with Gasteiger partial charge in [-0.15, -0.1) is 0 Å². The van der Waals surface area contributed by atoms with Gasteiger partial charge in [0.25, 0.3) is 0 Å². The van der Waals surface area contributed by atoms with Crippen LogP contribution < -0.4 is 5.32 Å². The summed E-state index contributed by atoms with van der Waals surface area (Å²) in [5.74, 6) is 1.36. The van der Waals surface area contributed by atoms with E-state index in [1.165, 1.54) is 12.1 Å². The van der Waals surface area contributed by atoms with E-state index in [1.807, 2.05) is 43.3 Å². The van der Waals surface area contributed by atoms with Crippen LogP contribution in [0, 0.1) is 0 Å². The Morgan fingerprint density at radius 2 is 1.65 bits per heavy atom. The molecule has 0 radical (unpaired) electrons. The van der Waals surface area contributed by atoms with Gasteiger partial charge in [0.2, 0.25) is 10.0 Å². The van der Waals surface area contributed by atoms with E-state index in [1.54, 1.807) is 0 Å². The molecule has 2 heterocycles. The fourth-order valence-electron chi connectivity index (χ4n) is 4.33. The first kappa shape index (κ1) is 27.2. The standard InChI is InChI=1S/C25H31F3N6O2S/c1-32(2)13-7-12-29-24-19-8-3-5-10-21(19)30-23(31-24)18-33-14-16-34(17-15-33)37(35,36)22-11-6-4-9-20(22)25(26,27)28/h3-6,8-11H,7,12-18H2,1-2H3,(H,29,30,31). The van der Waals surface area contributed by atoms with E-state index in [4.69, 9.17) is 4.98 Å². The Bertz CT molecular complexity index is 1330. The number of fused-ring (bicyclic) bond motifs is 1.